The second-order valence-electron chi connectivity index (χ2n) is 5.27. The highest BCUT2D eigenvalue weighted by Gasteiger charge is 2.26. The standard InChI is InChI=1S/C14H18Cl2N2O4S/c1-18(9-14(19)17-8-11-3-2-6-22-11)23(20,21)13-7-10(15)4-5-12(13)16/h4-5,7,11H,2-3,6,8-9H2,1H3,(H,17,19)/t11-/m1/s1. The molecular weight excluding hydrogens is 363 g/mol. The zero-order chi connectivity index (χ0) is 17.0. The molecule has 1 amide bonds. The van der Waals surface area contributed by atoms with Crippen LogP contribution in [-0.2, 0) is 19.6 Å². The molecule has 9 heteroatoms. The van der Waals surface area contributed by atoms with E-state index in [0.717, 1.165) is 17.1 Å². The molecule has 0 radical (unpaired) electrons. The van der Waals surface area contributed by atoms with Gasteiger partial charge in [-0.25, -0.2) is 8.42 Å². The Morgan fingerprint density at radius 1 is 1.43 bits per heavy atom. The van der Waals surface area contributed by atoms with Gasteiger partial charge in [-0.1, -0.05) is 23.2 Å². The molecule has 0 spiro atoms. The maximum Gasteiger partial charge on any atom is 0.244 e. The molecular formula is C14H18Cl2N2O4S. The van der Waals surface area contributed by atoms with Crippen molar-refractivity contribution in [2.75, 3.05) is 26.7 Å². The number of nitrogens with zero attached hydrogens (tertiary/aromatic N) is 1. The minimum absolute atomic E-state index is 0.00300. The third-order valence-electron chi connectivity index (χ3n) is 3.50. The molecule has 1 aromatic carbocycles. The molecule has 128 valence electrons. The fourth-order valence-electron chi connectivity index (χ4n) is 2.22. The third kappa shape index (κ3) is 4.81. The van der Waals surface area contributed by atoms with E-state index < -0.39 is 15.9 Å². The molecule has 1 aliphatic heterocycles. The maximum atomic E-state index is 12.5. The highest BCUT2D eigenvalue weighted by Crippen LogP contribution is 2.27. The molecule has 1 atom stereocenters. The van der Waals surface area contributed by atoms with E-state index in [9.17, 15) is 13.2 Å². The van der Waals surface area contributed by atoms with E-state index in [2.05, 4.69) is 5.32 Å². The van der Waals surface area contributed by atoms with Crippen LogP contribution in [0, 0.1) is 0 Å². The summed E-state index contributed by atoms with van der Waals surface area (Å²) in [7, 11) is -2.58. The van der Waals surface area contributed by atoms with Gasteiger partial charge in [-0.2, -0.15) is 4.31 Å². The molecule has 6 nitrogen and oxygen atoms in total. The lowest BCUT2D eigenvalue weighted by Gasteiger charge is -2.18. The normalized spacial score (nSPS) is 18.3. The number of nitrogens with one attached hydrogen (secondary N) is 1. The van der Waals surface area contributed by atoms with E-state index >= 15 is 0 Å². The van der Waals surface area contributed by atoms with Gasteiger partial charge in [0.1, 0.15) is 4.90 Å². The Hall–Kier alpha value is -0.860. The molecule has 0 aliphatic carbocycles. The molecule has 1 N–H and O–H groups in total. The fourth-order valence-corrected chi connectivity index (χ4v) is 4.08. The summed E-state index contributed by atoms with van der Waals surface area (Å²) < 4.78 is 31.3. The molecule has 1 heterocycles. The summed E-state index contributed by atoms with van der Waals surface area (Å²) >= 11 is 11.7. The molecule has 1 aromatic rings. The van der Waals surface area contributed by atoms with Gasteiger partial charge in [0.25, 0.3) is 0 Å². The highest BCUT2D eigenvalue weighted by atomic mass is 35.5. The number of benzene rings is 1. The maximum absolute atomic E-state index is 12.5. The largest absolute Gasteiger partial charge is 0.376 e. The predicted molar refractivity (Wildman–Crippen MR) is 88.3 cm³/mol. The second-order valence-corrected chi connectivity index (χ2v) is 8.13. The van der Waals surface area contributed by atoms with Crippen LogP contribution in [-0.4, -0.2) is 51.5 Å². The number of likely N-dealkylation sites (N-methyl/N-ethyl adjacent to an activating group) is 1. The van der Waals surface area contributed by atoms with Gasteiger partial charge in [-0.05, 0) is 31.0 Å². The zero-order valence-corrected chi connectivity index (χ0v) is 14.9. The summed E-state index contributed by atoms with van der Waals surface area (Å²) in [5.41, 5.74) is 0. The molecule has 0 saturated carbocycles. The number of amides is 1. The Labute approximate surface area is 145 Å². The van der Waals surface area contributed by atoms with Crippen LogP contribution in [0.4, 0.5) is 0 Å². The van der Waals surface area contributed by atoms with Crippen LogP contribution in [0.3, 0.4) is 0 Å². The summed E-state index contributed by atoms with van der Waals surface area (Å²) in [4.78, 5) is 11.8. The van der Waals surface area contributed by atoms with Crippen LogP contribution in [0.5, 0.6) is 0 Å². The van der Waals surface area contributed by atoms with Crippen molar-refractivity contribution >= 4 is 39.1 Å². The second kappa shape index (κ2) is 7.81. The van der Waals surface area contributed by atoms with Gasteiger partial charge in [0.2, 0.25) is 15.9 Å². The average Bonchev–Trinajstić information content (AvgIpc) is 3.00. The van der Waals surface area contributed by atoms with Crippen LogP contribution in [0.15, 0.2) is 23.1 Å². The number of hydrogen-bond acceptors (Lipinski definition) is 4. The summed E-state index contributed by atoms with van der Waals surface area (Å²) in [6.07, 6.45) is 1.87. The summed E-state index contributed by atoms with van der Waals surface area (Å²) in [6.45, 7) is 0.768. The van der Waals surface area contributed by atoms with E-state index in [4.69, 9.17) is 27.9 Å². The van der Waals surface area contributed by atoms with Crippen molar-refractivity contribution in [1.82, 2.24) is 9.62 Å². The van der Waals surface area contributed by atoms with Crippen LogP contribution < -0.4 is 5.32 Å². The van der Waals surface area contributed by atoms with E-state index in [1.165, 1.54) is 25.2 Å². The Morgan fingerprint density at radius 2 is 2.17 bits per heavy atom. The quantitative estimate of drug-likeness (QED) is 0.817. The molecule has 1 saturated heterocycles. The number of sulfonamides is 1. The first kappa shape index (κ1) is 18.5. The minimum atomic E-state index is -3.90. The highest BCUT2D eigenvalue weighted by molar-refractivity contribution is 7.89. The van der Waals surface area contributed by atoms with E-state index in [1.807, 2.05) is 0 Å². The Kier molecular flexibility index (Phi) is 6.27. The van der Waals surface area contributed by atoms with Gasteiger partial charge >= 0.3 is 0 Å². The van der Waals surface area contributed by atoms with Crippen molar-refractivity contribution < 1.29 is 17.9 Å². The number of ether oxygens (including phenoxy) is 1. The van der Waals surface area contributed by atoms with Gasteiger partial charge in [-0.3, -0.25) is 4.79 Å². The number of carbonyl (C=O) groups is 1. The lowest BCUT2D eigenvalue weighted by molar-refractivity contribution is -0.121. The van der Waals surface area contributed by atoms with Crippen molar-refractivity contribution in [3.05, 3.63) is 28.2 Å². The topological polar surface area (TPSA) is 75.7 Å². The molecule has 0 bridgehead atoms. The molecule has 23 heavy (non-hydrogen) atoms. The average molecular weight is 381 g/mol. The van der Waals surface area contributed by atoms with Gasteiger partial charge in [0.15, 0.2) is 0 Å². The molecule has 1 fully saturated rings. The molecule has 1 aliphatic rings. The molecule has 0 aromatic heterocycles. The Morgan fingerprint density at radius 3 is 2.83 bits per heavy atom. The summed E-state index contributed by atoms with van der Waals surface area (Å²) in [5, 5.41) is 2.99. The van der Waals surface area contributed by atoms with Crippen LogP contribution in [0.2, 0.25) is 10.0 Å². The number of halogens is 2. The van der Waals surface area contributed by atoms with Crippen LogP contribution in [0.1, 0.15) is 12.8 Å². The smallest absolute Gasteiger partial charge is 0.244 e. The van der Waals surface area contributed by atoms with E-state index in [-0.39, 0.29) is 27.6 Å². The lowest BCUT2D eigenvalue weighted by atomic mass is 10.2. The van der Waals surface area contributed by atoms with E-state index in [1.54, 1.807) is 0 Å². The van der Waals surface area contributed by atoms with Crippen molar-refractivity contribution in [3.63, 3.8) is 0 Å². The van der Waals surface area contributed by atoms with Gasteiger partial charge < -0.3 is 10.1 Å². The van der Waals surface area contributed by atoms with Crippen molar-refractivity contribution in [1.29, 1.82) is 0 Å². The fraction of sp³-hybridized carbons (Fsp3) is 0.500. The first-order chi connectivity index (χ1) is 10.8. The first-order valence-electron chi connectivity index (χ1n) is 7.10. The molecule has 2 rings (SSSR count). The summed E-state index contributed by atoms with van der Waals surface area (Å²) in [6, 6.07) is 4.17. The zero-order valence-electron chi connectivity index (χ0n) is 12.6. The van der Waals surface area contributed by atoms with Crippen molar-refractivity contribution in [2.45, 2.75) is 23.8 Å². The Bertz CT molecular complexity index is 675. The van der Waals surface area contributed by atoms with Crippen LogP contribution in [0.25, 0.3) is 0 Å². The SMILES string of the molecule is CN(CC(=O)NC[C@H]1CCCO1)S(=O)(=O)c1cc(Cl)ccc1Cl. The van der Waals surface area contributed by atoms with E-state index in [0.29, 0.717) is 13.2 Å². The van der Waals surface area contributed by atoms with Gasteiger partial charge in [0.05, 0.1) is 17.7 Å². The third-order valence-corrected chi connectivity index (χ3v) is 6.02. The Balaban J connectivity index is 1.99. The van der Waals surface area contributed by atoms with Crippen LogP contribution >= 0.6 is 23.2 Å². The van der Waals surface area contributed by atoms with Crippen molar-refractivity contribution in [3.8, 4) is 0 Å². The van der Waals surface area contributed by atoms with Gasteiger partial charge in [0, 0.05) is 25.2 Å². The molecule has 0 unspecified atom stereocenters. The summed E-state index contributed by atoms with van der Waals surface area (Å²) in [5.74, 6) is -0.398. The number of rotatable bonds is 6. The number of hydrogen-bond donors (Lipinski definition) is 1. The van der Waals surface area contributed by atoms with Gasteiger partial charge in [-0.15, -0.1) is 0 Å². The first-order valence-corrected chi connectivity index (χ1v) is 9.30. The van der Waals surface area contributed by atoms with Crippen molar-refractivity contribution in [2.24, 2.45) is 0 Å². The lowest BCUT2D eigenvalue weighted by Crippen LogP contribution is -2.40. The number of carbonyl (C=O) groups excluding carboxylic acids is 1. The predicted octanol–water partition coefficient (Wildman–Crippen LogP) is 1.91. The minimum Gasteiger partial charge on any atom is -0.376 e. The monoisotopic (exact) mass is 380 g/mol.